The van der Waals surface area contributed by atoms with Gasteiger partial charge in [0.1, 0.15) is 0 Å². The van der Waals surface area contributed by atoms with Gasteiger partial charge in [0.05, 0.1) is 6.67 Å². The van der Waals surface area contributed by atoms with Gasteiger partial charge in [-0.2, -0.15) is 0 Å². The molecule has 0 atom stereocenters. The Morgan fingerprint density at radius 2 is 2.14 bits per heavy atom. The summed E-state index contributed by atoms with van der Waals surface area (Å²) in [5.74, 6) is 0.731. The average molecular weight is 214 g/mol. The van der Waals surface area contributed by atoms with Gasteiger partial charge in [-0.25, -0.2) is 0 Å². The lowest BCUT2D eigenvalue weighted by molar-refractivity contribution is 0.516. The average Bonchev–Trinajstić information content (AvgIpc) is 2.20. The molecule has 0 unspecified atom stereocenters. The molecule has 1 radical (unpaired) electrons. The van der Waals surface area contributed by atoms with Gasteiger partial charge in [0.2, 0.25) is 0 Å². The molecular formula is C12H15ClF. The number of rotatable bonds is 4. The van der Waals surface area contributed by atoms with E-state index in [4.69, 9.17) is 11.6 Å². The van der Waals surface area contributed by atoms with E-state index in [1.54, 1.807) is 6.92 Å². The summed E-state index contributed by atoms with van der Waals surface area (Å²) in [5, 5.41) is 0.747. The predicted octanol–water partition coefficient (Wildman–Crippen LogP) is 4.20. The molecule has 14 heavy (non-hydrogen) atoms. The van der Waals surface area contributed by atoms with E-state index in [2.05, 4.69) is 6.92 Å². The molecule has 0 amide bonds. The minimum absolute atomic E-state index is 0.413. The Labute approximate surface area is 90.1 Å². The lowest BCUT2D eigenvalue weighted by Crippen LogP contribution is -1.97. The van der Waals surface area contributed by atoms with E-state index >= 15 is 0 Å². The molecule has 2 heteroatoms. The molecule has 0 aliphatic heterocycles. The van der Waals surface area contributed by atoms with Crippen LogP contribution in [0, 0.1) is 5.92 Å². The van der Waals surface area contributed by atoms with Crippen LogP contribution in [-0.4, -0.2) is 6.67 Å². The molecule has 0 heterocycles. The van der Waals surface area contributed by atoms with Crippen LogP contribution in [0.15, 0.2) is 18.2 Å². The van der Waals surface area contributed by atoms with Crippen LogP contribution in [0.3, 0.4) is 0 Å². The first kappa shape index (κ1) is 11.5. The number of halogens is 2. The van der Waals surface area contributed by atoms with Crippen LogP contribution in [0.25, 0.3) is 0 Å². The van der Waals surface area contributed by atoms with Crippen molar-refractivity contribution in [2.75, 3.05) is 6.67 Å². The van der Waals surface area contributed by atoms with E-state index in [1.807, 2.05) is 18.2 Å². The van der Waals surface area contributed by atoms with Gasteiger partial charge in [-0.3, -0.25) is 4.39 Å². The van der Waals surface area contributed by atoms with Gasteiger partial charge in [0.15, 0.2) is 0 Å². The summed E-state index contributed by atoms with van der Waals surface area (Å²) in [5.41, 5.74) is 2.04. The Hall–Kier alpha value is -0.560. The molecule has 0 saturated carbocycles. The summed E-state index contributed by atoms with van der Waals surface area (Å²) in [4.78, 5) is 0. The normalized spacial score (nSPS) is 10.9. The minimum Gasteiger partial charge on any atom is -0.250 e. The summed E-state index contributed by atoms with van der Waals surface area (Å²) in [6.45, 7) is 3.48. The molecule has 1 aromatic carbocycles. The van der Waals surface area contributed by atoms with E-state index in [0.717, 1.165) is 34.9 Å². The quantitative estimate of drug-likeness (QED) is 0.703. The molecule has 0 spiro atoms. The Balaban J connectivity index is 2.88. The molecule has 0 saturated heterocycles. The third kappa shape index (κ3) is 2.71. The maximum atomic E-state index is 12.4. The van der Waals surface area contributed by atoms with Crippen molar-refractivity contribution < 1.29 is 4.39 Å². The lowest BCUT2D eigenvalue weighted by Gasteiger charge is -2.09. The van der Waals surface area contributed by atoms with Crippen LogP contribution >= 0.6 is 11.6 Å². The van der Waals surface area contributed by atoms with E-state index in [9.17, 15) is 4.39 Å². The minimum atomic E-state index is -0.413. The second-order valence-corrected chi connectivity index (χ2v) is 3.88. The van der Waals surface area contributed by atoms with Crippen LogP contribution in [0.1, 0.15) is 31.4 Å². The van der Waals surface area contributed by atoms with Crippen molar-refractivity contribution in [1.29, 1.82) is 0 Å². The van der Waals surface area contributed by atoms with Crippen molar-refractivity contribution >= 4 is 11.6 Å². The Bertz CT molecular complexity index is 296. The number of hydrogen-bond acceptors (Lipinski definition) is 0. The fourth-order valence-electron chi connectivity index (χ4n) is 1.36. The van der Waals surface area contributed by atoms with Gasteiger partial charge in [-0.1, -0.05) is 44.0 Å². The molecule has 0 N–H and O–H groups in total. The fraction of sp³-hybridized carbons (Fsp3) is 0.417. The molecule has 0 fully saturated rings. The number of hydrogen-bond donors (Lipinski definition) is 0. The predicted molar refractivity (Wildman–Crippen MR) is 59.4 cm³/mol. The number of benzene rings is 1. The van der Waals surface area contributed by atoms with Gasteiger partial charge < -0.3 is 0 Å². The van der Waals surface area contributed by atoms with Crippen LogP contribution in [0.2, 0.25) is 5.02 Å². The standard InChI is InChI=1S/C12H15ClF/c1-3-4-10-5-6-11(7-12(10)13)9(2)8-14/h5-7H,3-4,8H2,1-2H3. The topological polar surface area (TPSA) is 0 Å². The zero-order valence-corrected chi connectivity index (χ0v) is 9.37. The monoisotopic (exact) mass is 213 g/mol. The second-order valence-electron chi connectivity index (χ2n) is 3.47. The van der Waals surface area contributed by atoms with Crippen LogP contribution in [0.5, 0.6) is 0 Å². The van der Waals surface area contributed by atoms with Crippen LogP contribution in [-0.2, 0) is 6.42 Å². The highest BCUT2D eigenvalue weighted by Crippen LogP contribution is 2.23. The Morgan fingerprint density at radius 1 is 1.43 bits per heavy atom. The van der Waals surface area contributed by atoms with Crippen molar-refractivity contribution in [1.82, 2.24) is 0 Å². The maximum absolute atomic E-state index is 12.4. The maximum Gasteiger partial charge on any atom is 0.0997 e. The molecule has 77 valence electrons. The zero-order valence-electron chi connectivity index (χ0n) is 8.61. The molecular weight excluding hydrogens is 199 g/mol. The molecule has 1 rings (SSSR count). The summed E-state index contributed by atoms with van der Waals surface area (Å²) < 4.78 is 12.4. The van der Waals surface area contributed by atoms with E-state index in [0.29, 0.717) is 0 Å². The molecule has 0 bridgehead atoms. The molecule has 0 aliphatic carbocycles. The van der Waals surface area contributed by atoms with E-state index < -0.39 is 6.67 Å². The zero-order chi connectivity index (χ0) is 10.6. The highest BCUT2D eigenvalue weighted by Gasteiger charge is 2.07. The van der Waals surface area contributed by atoms with Gasteiger partial charge in [-0.15, -0.1) is 0 Å². The Morgan fingerprint density at radius 3 is 2.64 bits per heavy atom. The third-order valence-corrected chi connectivity index (χ3v) is 2.62. The number of alkyl halides is 1. The van der Waals surface area contributed by atoms with Crippen molar-refractivity contribution in [3.63, 3.8) is 0 Å². The summed E-state index contributed by atoms with van der Waals surface area (Å²) in [6.07, 6.45) is 2.05. The molecule has 1 aromatic rings. The third-order valence-electron chi connectivity index (χ3n) is 2.27. The van der Waals surface area contributed by atoms with Gasteiger partial charge >= 0.3 is 0 Å². The summed E-state index contributed by atoms with van der Waals surface area (Å²) in [7, 11) is 0. The summed E-state index contributed by atoms with van der Waals surface area (Å²) in [6, 6.07) is 5.77. The Kier molecular flexibility index (Phi) is 4.40. The van der Waals surface area contributed by atoms with Gasteiger partial charge in [-0.05, 0) is 23.6 Å². The SMILES string of the molecule is CCCc1ccc([C](C)CF)cc1Cl. The summed E-state index contributed by atoms with van der Waals surface area (Å²) >= 11 is 6.07. The van der Waals surface area contributed by atoms with Gasteiger partial charge in [0, 0.05) is 10.9 Å². The highest BCUT2D eigenvalue weighted by molar-refractivity contribution is 6.31. The lowest BCUT2D eigenvalue weighted by atomic mass is 10.00. The van der Waals surface area contributed by atoms with E-state index in [-0.39, 0.29) is 0 Å². The number of aryl methyl sites for hydroxylation is 1. The highest BCUT2D eigenvalue weighted by atomic mass is 35.5. The van der Waals surface area contributed by atoms with Gasteiger partial charge in [0.25, 0.3) is 0 Å². The second kappa shape index (κ2) is 5.35. The van der Waals surface area contributed by atoms with E-state index in [1.165, 1.54) is 0 Å². The van der Waals surface area contributed by atoms with Crippen molar-refractivity contribution in [3.8, 4) is 0 Å². The first-order chi connectivity index (χ1) is 6.69. The molecule has 0 aromatic heterocycles. The molecule has 0 aliphatic rings. The van der Waals surface area contributed by atoms with Crippen molar-refractivity contribution in [3.05, 3.63) is 40.3 Å². The fourth-order valence-corrected chi connectivity index (χ4v) is 1.64. The smallest absolute Gasteiger partial charge is 0.0997 e. The van der Waals surface area contributed by atoms with Crippen molar-refractivity contribution in [2.24, 2.45) is 0 Å². The first-order valence-electron chi connectivity index (χ1n) is 4.86. The largest absolute Gasteiger partial charge is 0.250 e. The first-order valence-corrected chi connectivity index (χ1v) is 5.24. The van der Waals surface area contributed by atoms with Crippen LogP contribution < -0.4 is 0 Å². The van der Waals surface area contributed by atoms with Crippen LogP contribution in [0.4, 0.5) is 4.39 Å². The molecule has 0 nitrogen and oxygen atoms in total. The van der Waals surface area contributed by atoms with Crippen molar-refractivity contribution in [2.45, 2.75) is 26.7 Å².